The molecule has 23 heavy (non-hydrogen) atoms. The molecule has 0 atom stereocenters. The number of hydrogen-bond acceptors (Lipinski definition) is 2. The molecule has 0 saturated heterocycles. The van der Waals surface area contributed by atoms with Crippen LogP contribution in [0, 0.1) is 12.7 Å². The SMILES string of the molecule is Cc1ccc(-c2cnc(SC(C)C)n2-c2ccc(F)cc2)cc1. The number of thioether (sulfide) groups is 1. The molecule has 0 radical (unpaired) electrons. The van der Waals surface area contributed by atoms with E-state index in [1.807, 2.05) is 6.20 Å². The molecule has 0 unspecified atom stereocenters. The summed E-state index contributed by atoms with van der Waals surface area (Å²) in [4.78, 5) is 4.59. The monoisotopic (exact) mass is 326 g/mol. The fourth-order valence-corrected chi connectivity index (χ4v) is 3.24. The molecule has 118 valence electrons. The molecule has 0 bridgehead atoms. The van der Waals surface area contributed by atoms with E-state index in [1.54, 1.807) is 23.9 Å². The van der Waals surface area contributed by atoms with Gasteiger partial charge in [-0.25, -0.2) is 9.37 Å². The summed E-state index contributed by atoms with van der Waals surface area (Å²) in [5.41, 5.74) is 4.25. The number of aryl methyl sites for hydroxylation is 1. The van der Waals surface area contributed by atoms with E-state index in [2.05, 4.69) is 54.6 Å². The number of imidazole rings is 1. The Morgan fingerprint density at radius 1 is 1.00 bits per heavy atom. The molecule has 0 aliphatic carbocycles. The van der Waals surface area contributed by atoms with Crippen LogP contribution in [0.4, 0.5) is 4.39 Å². The zero-order valence-corrected chi connectivity index (χ0v) is 14.3. The highest BCUT2D eigenvalue weighted by molar-refractivity contribution is 7.99. The van der Waals surface area contributed by atoms with Gasteiger partial charge in [-0.2, -0.15) is 0 Å². The molecular weight excluding hydrogens is 307 g/mol. The first kappa shape index (κ1) is 15.8. The smallest absolute Gasteiger partial charge is 0.173 e. The predicted octanol–water partition coefficient (Wildman–Crippen LogP) is 5.49. The largest absolute Gasteiger partial charge is 0.287 e. The summed E-state index contributed by atoms with van der Waals surface area (Å²) in [5, 5.41) is 1.34. The van der Waals surface area contributed by atoms with E-state index in [4.69, 9.17) is 0 Å². The topological polar surface area (TPSA) is 17.8 Å². The zero-order chi connectivity index (χ0) is 16.4. The summed E-state index contributed by atoms with van der Waals surface area (Å²) in [6, 6.07) is 14.9. The first-order valence-electron chi connectivity index (χ1n) is 7.62. The van der Waals surface area contributed by atoms with Gasteiger partial charge in [-0.15, -0.1) is 0 Å². The minimum Gasteiger partial charge on any atom is -0.287 e. The van der Waals surface area contributed by atoms with Crippen molar-refractivity contribution in [3.63, 3.8) is 0 Å². The van der Waals surface area contributed by atoms with Crippen molar-refractivity contribution in [1.29, 1.82) is 0 Å². The predicted molar refractivity (Wildman–Crippen MR) is 94.7 cm³/mol. The number of rotatable bonds is 4. The second-order valence-corrected chi connectivity index (χ2v) is 7.31. The summed E-state index contributed by atoms with van der Waals surface area (Å²) in [6.07, 6.45) is 1.89. The van der Waals surface area contributed by atoms with Gasteiger partial charge in [0.05, 0.1) is 11.9 Å². The summed E-state index contributed by atoms with van der Waals surface area (Å²) >= 11 is 1.70. The second-order valence-electron chi connectivity index (χ2n) is 5.77. The second kappa shape index (κ2) is 6.59. The Morgan fingerprint density at radius 2 is 1.65 bits per heavy atom. The van der Waals surface area contributed by atoms with Crippen LogP contribution in [-0.4, -0.2) is 14.8 Å². The van der Waals surface area contributed by atoms with Crippen LogP contribution in [0.5, 0.6) is 0 Å². The van der Waals surface area contributed by atoms with E-state index >= 15 is 0 Å². The van der Waals surface area contributed by atoms with E-state index in [0.29, 0.717) is 5.25 Å². The van der Waals surface area contributed by atoms with Crippen molar-refractivity contribution in [2.75, 3.05) is 0 Å². The highest BCUT2D eigenvalue weighted by Crippen LogP contribution is 2.31. The average molecular weight is 326 g/mol. The van der Waals surface area contributed by atoms with Crippen molar-refractivity contribution in [3.05, 3.63) is 66.1 Å². The third-order valence-corrected chi connectivity index (χ3v) is 4.47. The van der Waals surface area contributed by atoms with E-state index in [-0.39, 0.29) is 5.82 Å². The highest BCUT2D eigenvalue weighted by atomic mass is 32.2. The molecule has 0 N–H and O–H groups in total. The lowest BCUT2D eigenvalue weighted by Crippen LogP contribution is -2.01. The Morgan fingerprint density at radius 3 is 2.26 bits per heavy atom. The molecule has 1 aromatic heterocycles. The molecular formula is C19H19FN2S. The molecule has 1 heterocycles. The molecule has 0 amide bonds. The van der Waals surface area contributed by atoms with Crippen LogP contribution >= 0.6 is 11.8 Å². The first-order chi connectivity index (χ1) is 11.0. The Kier molecular flexibility index (Phi) is 4.53. The normalized spacial score (nSPS) is 11.2. The molecule has 3 aromatic rings. The highest BCUT2D eigenvalue weighted by Gasteiger charge is 2.15. The number of nitrogens with zero attached hydrogens (tertiary/aromatic N) is 2. The van der Waals surface area contributed by atoms with Crippen molar-refractivity contribution in [1.82, 2.24) is 9.55 Å². The molecule has 4 heteroatoms. The van der Waals surface area contributed by atoms with Crippen molar-refractivity contribution in [2.45, 2.75) is 31.2 Å². The fraction of sp³-hybridized carbons (Fsp3) is 0.211. The standard InChI is InChI=1S/C19H19FN2S/c1-13(2)23-19-21-12-18(15-6-4-14(3)5-7-15)22(19)17-10-8-16(20)9-11-17/h4-13H,1-3H3. The van der Waals surface area contributed by atoms with Crippen molar-refractivity contribution in [3.8, 4) is 16.9 Å². The van der Waals surface area contributed by atoms with Gasteiger partial charge in [0.25, 0.3) is 0 Å². The van der Waals surface area contributed by atoms with Crippen LogP contribution in [0.2, 0.25) is 0 Å². The molecule has 0 aliphatic rings. The Bertz CT molecular complexity index is 789. The molecule has 0 spiro atoms. The van der Waals surface area contributed by atoms with Gasteiger partial charge in [-0.05, 0) is 31.2 Å². The minimum absolute atomic E-state index is 0.233. The molecule has 0 saturated carbocycles. The van der Waals surface area contributed by atoms with Crippen LogP contribution in [0.1, 0.15) is 19.4 Å². The van der Waals surface area contributed by atoms with Gasteiger partial charge in [0.1, 0.15) is 5.82 Å². The molecule has 0 fully saturated rings. The van der Waals surface area contributed by atoms with Crippen molar-refractivity contribution >= 4 is 11.8 Å². The summed E-state index contributed by atoms with van der Waals surface area (Å²) in [5.74, 6) is -0.233. The third-order valence-electron chi connectivity index (χ3n) is 3.50. The Hall–Kier alpha value is -2.07. The number of halogens is 1. The lowest BCUT2D eigenvalue weighted by molar-refractivity contribution is 0.627. The maximum absolute atomic E-state index is 13.3. The van der Waals surface area contributed by atoms with Gasteiger partial charge in [-0.1, -0.05) is 55.4 Å². The first-order valence-corrected chi connectivity index (χ1v) is 8.50. The maximum atomic E-state index is 13.3. The van der Waals surface area contributed by atoms with E-state index in [9.17, 15) is 4.39 Å². The fourth-order valence-electron chi connectivity index (χ4n) is 2.40. The molecule has 2 aromatic carbocycles. The van der Waals surface area contributed by atoms with Gasteiger partial charge in [0, 0.05) is 16.5 Å². The zero-order valence-electron chi connectivity index (χ0n) is 13.5. The van der Waals surface area contributed by atoms with Crippen LogP contribution in [0.3, 0.4) is 0 Å². The summed E-state index contributed by atoms with van der Waals surface area (Å²) in [6.45, 7) is 6.35. The molecule has 0 aliphatic heterocycles. The van der Waals surface area contributed by atoms with Gasteiger partial charge in [0.2, 0.25) is 0 Å². The van der Waals surface area contributed by atoms with Crippen LogP contribution in [0.15, 0.2) is 59.9 Å². The average Bonchev–Trinajstić information content (AvgIpc) is 2.92. The van der Waals surface area contributed by atoms with Crippen molar-refractivity contribution < 1.29 is 4.39 Å². The van der Waals surface area contributed by atoms with Crippen molar-refractivity contribution in [2.24, 2.45) is 0 Å². The van der Waals surface area contributed by atoms with Gasteiger partial charge in [-0.3, -0.25) is 4.57 Å². The Balaban J connectivity index is 2.14. The number of aromatic nitrogens is 2. The van der Waals surface area contributed by atoms with E-state index in [0.717, 1.165) is 22.1 Å². The summed E-state index contributed by atoms with van der Waals surface area (Å²) < 4.78 is 15.4. The van der Waals surface area contributed by atoms with Gasteiger partial charge >= 0.3 is 0 Å². The van der Waals surface area contributed by atoms with Gasteiger partial charge in [0.15, 0.2) is 5.16 Å². The lowest BCUT2D eigenvalue weighted by Gasteiger charge is -2.13. The van der Waals surface area contributed by atoms with Crippen LogP contribution in [-0.2, 0) is 0 Å². The molecule has 3 rings (SSSR count). The number of hydrogen-bond donors (Lipinski definition) is 0. The van der Waals surface area contributed by atoms with Crippen LogP contribution in [0.25, 0.3) is 16.9 Å². The summed E-state index contributed by atoms with van der Waals surface area (Å²) in [7, 11) is 0. The van der Waals surface area contributed by atoms with E-state index in [1.165, 1.54) is 17.7 Å². The Labute approximate surface area is 140 Å². The van der Waals surface area contributed by atoms with E-state index < -0.39 is 0 Å². The lowest BCUT2D eigenvalue weighted by atomic mass is 10.1. The molecule has 2 nitrogen and oxygen atoms in total. The minimum atomic E-state index is -0.233. The quantitative estimate of drug-likeness (QED) is 0.590. The maximum Gasteiger partial charge on any atom is 0.173 e. The van der Waals surface area contributed by atoms with Gasteiger partial charge < -0.3 is 0 Å². The van der Waals surface area contributed by atoms with Crippen LogP contribution < -0.4 is 0 Å². The third kappa shape index (κ3) is 3.48. The number of benzene rings is 2.